The van der Waals surface area contributed by atoms with Crippen LogP contribution in [0.15, 0.2) is 22.3 Å². The lowest BCUT2D eigenvalue weighted by atomic mass is 9.97. The molecule has 0 heterocycles. The molecule has 0 fully saturated rings. The zero-order chi connectivity index (χ0) is 15.9. The molecule has 0 aromatic heterocycles. The number of rotatable bonds is 1. The van der Waals surface area contributed by atoms with Crippen LogP contribution in [0.5, 0.6) is 0 Å². The highest BCUT2D eigenvalue weighted by molar-refractivity contribution is 6.72. The molecule has 0 saturated heterocycles. The summed E-state index contributed by atoms with van der Waals surface area (Å²) in [5.41, 5.74) is 2.02. The third-order valence-corrected chi connectivity index (χ3v) is 8.59. The third-order valence-electron chi connectivity index (χ3n) is 4.01. The highest BCUT2D eigenvalue weighted by Crippen LogP contribution is 2.62. The van der Waals surface area contributed by atoms with Crippen molar-refractivity contribution >= 4 is 81.2 Å². The first-order valence-electron chi connectivity index (χ1n) is 6.83. The van der Waals surface area contributed by atoms with Crippen molar-refractivity contribution in [3.05, 3.63) is 22.3 Å². The molecule has 0 unspecified atom stereocenters. The van der Waals surface area contributed by atoms with Gasteiger partial charge in [0.25, 0.3) is 0 Å². The van der Waals surface area contributed by atoms with Crippen molar-refractivity contribution in [3.63, 3.8) is 0 Å². The van der Waals surface area contributed by atoms with E-state index in [1.807, 2.05) is 0 Å². The summed E-state index contributed by atoms with van der Waals surface area (Å²) >= 11 is 44.4. The van der Waals surface area contributed by atoms with Gasteiger partial charge in [0, 0.05) is 0 Å². The van der Waals surface area contributed by atoms with Gasteiger partial charge < -0.3 is 0 Å². The van der Waals surface area contributed by atoms with Gasteiger partial charge in [-0.25, -0.2) is 0 Å². The fourth-order valence-corrected chi connectivity index (χ4v) is 4.75. The van der Waals surface area contributed by atoms with Gasteiger partial charge in [0.05, 0.1) is 5.03 Å². The minimum absolute atomic E-state index is 0.229. The van der Waals surface area contributed by atoms with E-state index in [-0.39, 0.29) is 5.03 Å². The molecule has 0 aromatic carbocycles. The Bertz CT molecular complexity index is 474. The number of allylic oxidation sites excluding steroid dienone is 4. The molecule has 2 aliphatic rings. The van der Waals surface area contributed by atoms with Crippen LogP contribution in [-0.4, -0.2) is 13.0 Å². The van der Waals surface area contributed by atoms with E-state index in [2.05, 4.69) is 6.08 Å². The van der Waals surface area contributed by atoms with Crippen molar-refractivity contribution in [1.29, 1.82) is 0 Å². The maximum absolute atomic E-state index is 6.47. The van der Waals surface area contributed by atoms with Crippen LogP contribution in [-0.2, 0) is 0 Å². The average Bonchev–Trinajstić information content (AvgIpc) is 2.68. The van der Waals surface area contributed by atoms with Crippen LogP contribution < -0.4 is 0 Å². The van der Waals surface area contributed by atoms with Crippen molar-refractivity contribution in [2.75, 3.05) is 0 Å². The van der Waals surface area contributed by atoms with E-state index in [1.165, 1.54) is 12.8 Å². The first kappa shape index (κ1) is 18.8. The second-order valence-electron chi connectivity index (χ2n) is 5.47. The molecule has 0 atom stereocenters. The van der Waals surface area contributed by atoms with Gasteiger partial charge in [-0.1, -0.05) is 93.7 Å². The molecule has 2 aliphatic carbocycles. The summed E-state index contributed by atoms with van der Waals surface area (Å²) < 4.78 is -5.07. The van der Waals surface area contributed by atoms with Crippen LogP contribution in [0.1, 0.15) is 44.9 Å². The van der Waals surface area contributed by atoms with Crippen LogP contribution in [0.4, 0.5) is 0 Å². The Morgan fingerprint density at radius 1 is 0.857 bits per heavy atom. The Balaban J connectivity index is 2.49. The molecule has 0 bridgehead atoms. The smallest absolute Gasteiger partial charge is 0.0981 e. The fourth-order valence-electron chi connectivity index (χ4n) is 2.70. The summed E-state index contributed by atoms with van der Waals surface area (Å²) in [6, 6.07) is 0. The maximum atomic E-state index is 6.47. The molecular formula is C14H15Cl7. The highest BCUT2D eigenvalue weighted by atomic mass is 35.5. The molecule has 0 amide bonds. The van der Waals surface area contributed by atoms with E-state index in [1.54, 1.807) is 0 Å². The molecular weight excluding hydrogens is 416 g/mol. The lowest BCUT2D eigenvalue weighted by Crippen LogP contribution is -2.49. The summed E-state index contributed by atoms with van der Waals surface area (Å²) in [5.74, 6) is 0. The molecule has 0 saturated carbocycles. The van der Waals surface area contributed by atoms with Crippen LogP contribution in [0.25, 0.3) is 0 Å². The van der Waals surface area contributed by atoms with Gasteiger partial charge in [0.2, 0.25) is 0 Å². The van der Waals surface area contributed by atoms with Crippen molar-refractivity contribution in [2.45, 2.75) is 57.9 Å². The summed E-state index contributed by atoms with van der Waals surface area (Å²) in [6.45, 7) is 0. The highest BCUT2D eigenvalue weighted by Gasteiger charge is 2.63. The van der Waals surface area contributed by atoms with Gasteiger partial charge in [-0.2, -0.15) is 0 Å². The van der Waals surface area contributed by atoms with E-state index >= 15 is 0 Å². The zero-order valence-corrected chi connectivity index (χ0v) is 16.5. The number of alkyl halides is 6. The molecule has 2 rings (SSSR count). The first-order valence-corrected chi connectivity index (χ1v) is 9.48. The van der Waals surface area contributed by atoms with Crippen LogP contribution in [0, 0.1) is 0 Å². The summed E-state index contributed by atoms with van der Waals surface area (Å²) in [4.78, 5) is 0. The Labute approximate surface area is 160 Å². The van der Waals surface area contributed by atoms with Crippen molar-refractivity contribution in [2.24, 2.45) is 0 Å². The average molecular weight is 431 g/mol. The van der Waals surface area contributed by atoms with Gasteiger partial charge in [-0.15, -0.1) is 0 Å². The van der Waals surface area contributed by atoms with E-state index in [9.17, 15) is 0 Å². The molecule has 0 radical (unpaired) electrons. The maximum Gasteiger partial charge on any atom is 0.189 e. The fraction of sp³-hybridized carbons (Fsp3) is 0.714. The van der Waals surface area contributed by atoms with Gasteiger partial charge in [-0.05, 0) is 49.7 Å². The second kappa shape index (κ2) is 6.79. The van der Waals surface area contributed by atoms with Gasteiger partial charge in [-0.3, -0.25) is 0 Å². The van der Waals surface area contributed by atoms with Crippen LogP contribution in [0.3, 0.4) is 0 Å². The molecule has 0 aliphatic heterocycles. The lowest BCUT2D eigenvalue weighted by molar-refractivity contribution is 0.608. The summed E-state index contributed by atoms with van der Waals surface area (Å²) in [6.07, 6.45) is 8.48. The largest absolute Gasteiger partial charge is 0.189 e. The quantitative estimate of drug-likeness (QED) is 0.374. The number of hydrogen-bond donors (Lipinski definition) is 0. The monoisotopic (exact) mass is 428 g/mol. The lowest BCUT2D eigenvalue weighted by Gasteiger charge is -2.39. The van der Waals surface area contributed by atoms with E-state index in [0.29, 0.717) is 12.8 Å². The first-order chi connectivity index (χ1) is 9.61. The standard InChI is InChI=1S/C14H15Cl7/c15-11-10(9-5-3-1-2-4-6-9)7-8-12(16,17)14(20,21)13(11,18)19/h5H,1-4,6-8H2. The topological polar surface area (TPSA) is 0 Å². The normalized spacial score (nSPS) is 28.6. The molecule has 0 spiro atoms. The molecule has 0 nitrogen and oxygen atoms in total. The van der Waals surface area contributed by atoms with Gasteiger partial charge in [0.1, 0.15) is 0 Å². The predicted octanol–water partition coefficient (Wildman–Crippen LogP) is 7.69. The van der Waals surface area contributed by atoms with E-state index < -0.39 is 13.0 Å². The minimum atomic E-state index is -1.81. The Morgan fingerprint density at radius 2 is 1.52 bits per heavy atom. The van der Waals surface area contributed by atoms with Gasteiger partial charge >= 0.3 is 0 Å². The SMILES string of the molecule is ClC1=C(C2=CCCCCC2)CCC(Cl)(Cl)C(Cl)(Cl)C1(Cl)Cl. The third kappa shape index (κ3) is 3.48. The van der Waals surface area contributed by atoms with Gasteiger partial charge in [0.15, 0.2) is 13.0 Å². The predicted molar refractivity (Wildman–Crippen MR) is 96.6 cm³/mol. The van der Waals surface area contributed by atoms with Crippen molar-refractivity contribution in [3.8, 4) is 0 Å². The van der Waals surface area contributed by atoms with Crippen LogP contribution in [0.2, 0.25) is 0 Å². The van der Waals surface area contributed by atoms with E-state index in [0.717, 1.165) is 30.4 Å². The molecule has 120 valence electrons. The van der Waals surface area contributed by atoms with Crippen LogP contribution >= 0.6 is 81.2 Å². The van der Waals surface area contributed by atoms with Crippen molar-refractivity contribution in [1.82, 2.24) is 0 Å². The Kier molecular flexibility index (Phi) is 6.09. The summed E-state index contributed by atoms with van der Waals surface area (Å²) in [5, 5.41) is 0.229. The molecule has 7 heteroatoms. The van der Waals surface area contributed by atoms with Crippen molar-refractivity contribution < 1.29 is 0 Å². The molecule has 21 heavy (non-hydrogen) atoms. The molecule has 0 N–H and O–H groups in total. The Morgan fingerprint density at radius 3 is 2.19 bits per heavy atom. The minimum Gasteiger partial charge on any atom is -0.0981 e. The molecule has 0 aromatic rings. The second-order valence-corrected chi connectivity index (χ2v) is 9.99. The Hall–Kier alpha value is 1.51. The summed E-state index contributed by atoms with van der Waals surface area (Å²) in [7, 11) is 0. The number of halogens is 7. The zero-order valence-electron chi connectivity index (χ0n) is 11.2. The van der Waals surface area contributed by atoms with E-state index in [4.69, 9.17) is 81.2 Å². The number of hydrogen-bond acceptors (Lipinski definition) is 0.